The number of halogens is 1. The number of rotatable bonds is 4. The zero-order valence-corrected chi connectivity index (χ0v) is 11.7. The van der Waals surface area contributed by atoms with E-state index in [0.717, 1.165) is 37.6 Å². The van der Waals surface area contributed by atoms with E-state index in [0.29, 0.717) is 6.54 Å². The summed E-state index contributed by atoms with van der Waals surface area (Å²) >= 11 is 5.92. The van der Waals surface area contributed by atoms with Crippen LogP contribution >= 0.6 is 11.6 Å². The van der Waals surface area contributed by atoms with E-state index in [2.05, 4.69) is 29.3 Å². The minimum absolute atomic E-state index is 0.0376. The molecule has 0 saturated carbocycles. The van der Waals surface area contributed by atoms with Crippen molar-refractivity contribution in [1.29, 1.82) is 0 Å². The largest absolute Gasteiger partial charge is 0.329 e. The number of hydrogen-bond acceptors (Lipinski definition) is 3. The molecule has 0 aromatic heterocycles. The second-order valence-electron chi connectivity index (χ2n) is 5.24. The Balaban J connectivity index is 2.08. The number of nitrogens with two attached hydrogens (primary N) is 1. The van der Waals surface area contributed by atoms with Crippen LogP contribution < -0.4 is 11.1 Å². The zero-order chi connectivity index (χ0) is 13.0. The standard InChI is InChI=1S/C14H22ClN3/c1-14(11-16,18-8-6-17-7-9-18)10-12-2-4-13(15)5-3-12/h2-5,17H,6-11,16H2,1H3. The first-order chi connectivity index (χ1) is 8.64. The fourth-order valence-electron chi connectivity index (χ4n) is 2.56. The third-order valence-electron chi connectivity index (χ3n) is 3.82. The highest BCUT2D eigenvalue weighted by Gasteiger charge is 2.31. The Bertz CT molecular complexity index is 373. The maximum Gasteiger partial charge on any atom is 0.0406 e. The van der Waals surface area contributed by atoms with E-state index in [1.54, 1.807) is 0 Å². The first-order valence-electron chi connectivity index (χ1n) is 6.54. The Hall–Kier alpha value is -0.610. The van der Waals surface area contributed by atoms with E-state index in [1.165, 1.54) is 5.56 Å². The van der Waals surface area contributed by atoms with Crippen LogP contribution in [0.4, 0.5) is 0 Å². The van der Waals surface area contributed by atoms with Crippen molar-refractivity contribution in [2.24, 2.45) is 5.73 Å². The van der Waals surface area contributed by atoms with E-state index in [-0.39, 0.29) is 5.54 Å². The third kappa shape index (κ3) is 3.23. The molecular weight excluding hydrogens is 246 g/mol. The summed E-state index contributed by atoms with van der Waals surface area (Å²) in [5.41, 5.74) is 7.36. The van der Waals surface area contributed by atoms with Crippen LogP contribution in [0.3, 0.4) is 0 Å². The third-order valence-corrected chi connectivity index (χ3v) is 4.07. The van der Waals surface area contributed by atoms with Crippen molar-refractivity contribution in [3.8, 4) is 0 Å². The maximum absolute atomic E-state index is 6.03. The SMILES string of the molecule is CC(CN)(Cc1ccc(Cl)cc1)N1CCNCC1. The minimum Gasteiger partial charge on any atom is -0.329 e. The van der Waals surface area contributed by atoms with Crippen LogP contribution in [-0.2, 0) is 6.42 Å². The van der Waals surface area contributed by atoms with Gasteiger partial charge in [-0.1, -0.05) is 23.7 Å². The molecule has 100 valence electrons. The first-order valence-corrected chi connectivity index (χ1v) is 6.92. The van der Waals surface area contributed by atoms with Gasteiger partial charge in [-0.2, -0.15) is 0 Å². The van der Waals surface area contributed by atoms with Crippen molar-refractivity contribution in [2.75, 3.05) is 32.7 Å². The van der Waals surface area contributed by atoms with Crippen LogP contribution in [0.2, 0.25) is 5.02 Å². The molecule has 1 fully saturated rings. The minimum atomic E-state index is 0.0376. The van der Waals surface area contributed by atoms with E-state index in [4.69, 9.17) is 17.3 Å². The van der Waals surface area contributed by atoms with Crippen molar-refractivity contribution in [3.63, 3.8) is 0 Å². The molecule has 1 heterocycles. The molecule has 0 spiro atoms. The number of piperazine rings is 1. The van der Waals surface area contributed by atoms with Crippen molar-refractivity contribution in [3.05, 3.63) is 34.9 Å². The van der Waals surface area contributed by atoms with E-state index < -0.39 is 0 Å². The molecule has 1 aromatic carbocycles. The van der Waals surface area contributed by atoms with Gasteiger partial charge in [0.2, 0.25) is 0 Å². The van der Waals surface area contributed by atoms with Gasteiger partial charge in [-0.15, -0.1) is 0 Å². The molecule has 3 N–H and O–H groups in total. The molecule has 2 rings (SSSR count). The summed E-state index contributed by atoms with van der Waals surface area (Å²) in [5, 5.41) is 4.17. The van der Waals surface area contributed by atoms with Gasteiger partial charge in [0.1, 0.15) is 0 Å². The molecule has 1 saturated heterocycles. The quantitative estimate of drug-likeness (QED) is 0.869. The molecule has 0 amide bonds. The summed E-state index contributed by atoms with van der Waals surface area (Å²) in [4.78, 5) is 2.50. The van der Waals surface area contributed by atoms with Gasteiger partial charge in [0.25, 0.3) is 0 Å². The van der Waals surface area contributed by atoms with Crippen molar-refractivity contribution < 1.29 is 0 Å². The van der Waals surface area contributed by atoms with Crippen LogP contribution in [-0.4, -0.2) is 43.2 Å². The highest BCUT2D eigenvalue weighted by atomic mass is 35.5. The van der Waals surface area contributed by atoms with Gasteiger partial charge < -0.3 is 11.1 Å². The van der Waals surface area contributed by atoms with Gasteiger partial charge >= 0.3 is 0 Å². The smallest absolute Gasteiger partial charge is 0.0406 e. The first kappa shape index (κ1) is 13.8. The molecule has 1 unspecified atom stereocenters. The molecule has 1 aliphatic heterocycles. The summed E-state index contributed by atoms with van der Waals surface area (Å²) in [6, 6.07) is 8.09. The molecule has 0 bridgehead atoms. The lowest BCUT2D eigenvalue weighted by atomic mass is 9.90. The van der Waals surface area contributed by atoms with E-state index in [9.17, 15) is 0 Å². The van der Waals surface area contributed by atoms with Crippen LogP contribution in [0, 0.1) is 0 Å². The van der Waals surface area contributed by atoms with Crippen LogP contribution in [0.15, 0.2) is 24.3 Å². The second-order valence-corrected chi connectivity index (χ2v) is 5.68. The predicted octanol–water partition coefficient (Wildman–Crippen LogP) is 1.51. The van der Waals surface area contributed by atoms with Crippen molar-refractivity contribution >= 4 is 11.6 Å². The Morgan fingerprint density at radius 1 is 1.28 bits per heavy atom. The fraction of sp³-hybridized carbons (Fsp3) is 0.571. The molecule has 4 heteroatoms. The van der Waals surface area contributed by atoms with E-state index in [1.807, 2.05) is 12.1 Å². The number of nitrogens with zero attached hydrogens (tertiary/aromatic N) is 1. The lowest BCUT2D eigenvalue weighted by molar-refractivity contribution is 0.0946. The summed E-state index contributed by atoms with van der Waals surface area (Å²) in [6.45, 7) is 7.18. The number of hydrogen-bond donors (Lipinski definition) is 2. The van der Waals surface area contributed by atoms with Crippen molar-refractivity contribution in [2.45, 2.75) is 18.9 Å². The fourth-order valence-corrected chi connectivity index (χ4v) is 2.69. The Kier molecular flexibility index (Phi) is 4.62. The molecule has 0 aliphatic carbocycles. The Labute approximate surface area is 114 Å². The Morgan fingerprint density at radius 3 is 2.44 bits per heavy atom. The highest BCUT2D eigenvalue weighted by molar-refractivity contribution is 6.30. The van der Waals surface area contributed by atoms with Crippen LogP contribution in [0.1, 0.15) is 12.5 Å². The number of nitrogens with one attached hydrogen (secondary N) is 1. The molecule has 1 aromatic rings. The number of benzene rings is 1. The molecule has 1 atom stereocenters. The van der Waals surface area contributed by atoms with Gasteiger partial charge in [-0.3, -0.25) is 4.90 Å². The lowest BCUT2D eigenvalue weighted by Crippen LogP contribution is -2.59. The molecule has 18 heavy (non-hydrogen) atoms. The highest BCUT2D eigenvalue weighted by Crippen LogP contribution is 2.21. The summed E-state index contributed by atoms with van der Waals surface area (Å²) < 4.78 is 0. The maximum atomic E-state index is 6.03. The predicted molar refractivity (Wildman–Crippen MR) is 77.1 cm³/mol. The molecule has 3 nitrogen and oxygen atoms in total. The van der Waals surface area contributed by atoms with Gasteiger partial charge in [-0.25, -0.2) is 0 Å². The summed E-state index contributed by atoms with van der Waals surface area (Å²) in [6.07, 6.45) is 0.973. The van der Waals surface area contributed by atoms with Crippen molar-refractivity contribution in [1.82, 2.24) is 10.2 Å². The molecule has 0 radical (unpaired) electrons. The lowest BCUT2D eigenvalue weighted by Gasteiger charge is -2.43. The van der Waals surface area contributed by atoms with Gasteiger partial charge in [0, 0.05) is 43.3 Å². The van der Waals surface area contributed by atoms with Gasteiger partial charge in [0.15, 0.2) is 0 Å². The van der Waals surface area contributed by atoms with E-state index >= 15 is 0 Å². The average molecular weight is 268 g/mol. The topological polar surface area (TPSA) is 41.3 Å². The zero-order valence-electron chi connectivity index (χ0n) is 11.0. The van der Waals surface area contributed by atoms with Gasteiger partial charge in [0.05, 0.1) is 0 Å². The van der Waals surface area contributed by atoms with Crippen LogP contribution in [0.25, 0.3) is 0 Å². The normalized spacial score (nSPS) is 20.6. The summed E-state index contributed by atoms with van der Waals surface area (Å²) in [5.74, 6) is 0. The average Bonchev–Trinajstić information content (AvgIpc) is 2.42. The Morgan fingerprint density at radius 2 is 1.89 bits per heavy atom. The second kappa shape index (κ2) is 6.02. The van der Waals surface area contributed by atoms with Crippen LogP contribution in [0.5, 0.6) is 0 Å². The molecule has 1 aliphatic rings. The van der Waals surface area contributed by atoms with Gasteiger partial charge in [-0.05, 0) is 31.0 Å². The summed E-state index contributed by atoms with van der Waals surface area (Å²) in [7, 11) is 0. The molecular formula is C14H22ClN3. The monoisotopic (exact) mass is 267 g/mol.